The number of aryl methyl sites for hydroxylation is 1. The van der Waals surface area contributed by atoms with E-state index in [1.54, 1.807) is 6.92 Å². The molecule has 0 spiro atoms. The van der Waals surface area contributed by atoms with E-state index in [0.717, 1.165) is 0 Å². The molecule has 1 heterocycles. The molecule has 1 aromatic rings. The molecule has 17 heavy (non-hydrogen) atoms. The topological polar surface area (TPSA) is 87.6 Å². The highest BCUT2D eigenvalue weighted by Crippen LogP contribution is 2.10. The zero-order chi connectivity index (χ0) is 13.0. The van der Waals surface area contributed by atoms with Crippen molar-refractivity contribution in [2.45, 2.75) is 13.3 Å². The average Bonchev–Trinajstić information content (AvgIpc) is 2.26. The molecule has 8 heteroatoms. The standard InChI is InChI=1S/C9H13F2N5O/c1-5-3-6(8(12)15-17)14-9(13-5)16(2)4-7(10)11/h3,7,17H,4H2,1-2H3,(H2,12,15). The second kappa shape index (κ2) is 5.37. The molecule has 0 aliphatic carbocycles. The third-order valence-corrected chi connectivity index (χ3v) is 1.97. The van der Waals surface area contributed by atoms with E-state index in [9.17, 15) is 8.78 Å². The molecule has 94 valence electrons. The first-order chi connectivity index (χ1) is 7.93. The predicted octanol–water partition coefficient (Wildman–Crippen LogP) is 0.581. The lowest BCUT2D eigenvalue weighted by atomic mass is 10.3. The maximum atomic E-state index is 12.2. The van der Waals surface area contributed by atoms with Gasteiger partial charge in [-0.2, -0.15) is 0 Å². The Labute approximate surface area is 96.8 Å². The Morgan fingerprint density at radius 1 is 1.59 bits per heavy atom. The second-order valence-corrected chi connectivity index (χ2v) is 3.45. The summed E-state index contributed by atoms with van der Waals surface area (Å²) in [6.07, 6.45) is -2.49. The van der Waals surface area contributed by atoms with Crippen LogP contribution in [-0.2, 0) is 0 Å². The number of hydrogen-bond donors (Lipinski definition) is 2. The summed E-state index contributed by atoms with van der Waals surface area (Å²) in [5.41, 5.74) is 6.11. The van der Waals surface area contributed by atoms with Gasteiger partial charge in [0.15, 0.2) is 5.84 Å². The van der Waals surface area contributed by atoms with Crippen LogP contribution in [0.5, 0.6) is 0 Å². The minimum Gasteiger partial charge on any atom is -0.409 e. The zero-order valence-corrected chi connectivity index (χ0v) is 9.43. The van der Waals surface area contributed by atoms with Crippen LogP contribution in [0.25, 0.3) is 0 Å². The molecule has 1 aromatic heterocycles. The summed E-state index contributed by atoms with van der Waals surface area (Å²) in [6.45, 7) is 1.18. The molecule has 3 N–H and O–H groups in total. The number of hydrogen-bond acceptors (Lipinski definition) is 5. The first-order valence-electron chi connectivity index (χ1n) is 4.77. The molecule has 6 nitrogen and oxygen atoms in total. The van der Waals surface area contributed by atoms with Gasteiger partial charge in [0.1, 0.15) is 5.69 Å². The lowest BCUT2D eigenvalue weighted by Gasteiger charge is -2.17. The number of nitrogens with zero attached hydrogens (tertiary/aromatic N) is 4. The Balaban J connectivity index is 3.05. The van der Waals surface area contributed by atoms with Crippen molar-refractivity contribution in [3.05, 3.63) is 17.5 Å². The number of halogens is 2. The summed E-state index contributed by atoms with van der Waals surface area (Å²) in [5.74, 6) is -0.0888. The summed E-state index contributed by atoms with van der Waals surface area (Å²) >= 11 is 0. The summed E-state index contributed by atoms with van der Waals surface area (Å²) in [5, 5.41) is 11.3. The number of rotatable bonds is 4. The fraction of sp³-hybridized carbons (Fsp3) is 0.444. The normalized spacial score (nSPS) is 11.9. The van der Waals surface area contributed by atoms with E-state index < -0.39 is 13.0 Å². The highest BCUT2D eigenvalue weighted by atomic mass is 19.3. The third-order valence-electron chi connectivity index (χ3n) is 1.97. The van der Waals surface area contributed by atoms with Gasteiger partial charge >= 0.3 is 0 Å². The van der Waals surface area contributed by atoms with Crippen molar-refractivity contribution in [3.63, 3.8) is 0 Å². The Kier molecular flexibility index (Phi) is 4.13. The molecule has 0 fully saturated rings. The van der Waals surface area contributed by atoms with Crippen LogP contribution < -0.4 is 10.6 Å². The number of alkyl halides is 2. The SMILES string of the molecule is Cc1cc(/C(N)=N/O)nc(N(C)CC(F)F)n1. The van der Waals surface area contributed by atoms with E-state index in [2.05, 4.69) is 15.1 Å². The quantitative estimate of drug-likeness (QED) is 0.350. The van der Waals surface area contributed by atoms with Crippen molar-refractivity contribution in [2.75, 3.05) is 18.5 Å². The first kappa shape index (κ1) is 13.1. The van der Waals surface area contributed by atoms with Gasteiger partial charge in [0.05, 0.1) is 6.54 Å². The minimum atomic E-state index is -2.49. The summed E-state index contributed by atoms with van der Waals surface area (Å²) in [7, 11) is 1.44. The molecule has 0 aliphatic rings. The zero-order valence-electron chi connectivity index (χ0n) is 9.43. The smallest absolute Gasteiger partial charge is 0.255 e. The Morgan fingerprint density at radius 2 is 2.24 bits per heavy atom. The number of nitrogens with two attached hydrogens (primary N) is 1. The van der Waals surface area contributed by atoms with Gasteiger partial charge in [0, 0.05) is 12.7 Å². The van der Waals surface area contributed by atoms with E-state index in [4.69, 9.17) is 10.9 Å². The first-order valence-corrected chi connectivity index (χ1v) is 4.77. The molecule has 0 atom stereocenters. The number of anilines is 1. The van der Waals surface area contributed by atoms with Crippen molar-refractivity contribution in [3.8, 4) is 0 Å². The van der Waals surface area contributed by atoms with Crippen molar-refractivity contribution in [1.82, 2.24) is 9.97 Å². The van der Waals surface area contributed by atoms with Gasteiger partial charge in [-0.05, 0) is 13.0 Å². The molecule has 0 aliphatic heterocycles. The Hall–Kier alpha value is -1.99. The van der Waals surface area contributed by atoms with E-state index in [-0.39, 0.29) is 17.5 Å². The van der Waals surface area contributed by atoms with Gasteiger partial charge in [-0.15, -0.1) is 0 Å². The number of oxime groups is 1. The van der Waals surface area contributed by atoms with Gasteiger partial charge < -0.3 is 15.8 Å². The maximum Gasteiger partial charge on any atom is 0.255 e. The van der Waals surface area contributed by atoms with E-state index >= 15 is 0 Å². The Morgan fingerprint density at radius 3 is 2.76 bits per heavy atom. The molecule has 0 aromatic carbocycles. The highest BCUT2D eigenvalue weighted by Gasteiger charge is 2.13. The monoisotopic (exact) mass is 245 g/mol. The van der Waals surface area contributed by atoms with Crippen LogP contribution >= 0.6 is 0 Å². The molecular formula is C9H13F2N5O. The second-order valence-electron chi connectivity index (χ2n) is 3.45. The molecular weight excluding hydrogens is 232 g/mol. The Bertz CT molecular complexity index is 424. The molecule has 0 radical (unpaired) electrons. The van der Waals surface area contributed by atoms with Crippen LogP contribution in [0, 0.1) is 6.92 Å². The number of amidine groups is 1. The minimum absolute atomic E-state index is 0.104. The summed E-state index contributed by atoms with van der Waals surface area (Å²) in [4.78, 5) is 9.12. The molecule has 0 saturated carbocycles. The van der Waals surface area contributed by atoms with E-state index in [0.29, 0.717) is 5.69 Å². The lowest BCUT2D eigenvalue weighted by molar-refractivity contribution is 0.156. The maximum absolute atomic E-state index is 12.2. The van der Waals surface area contributed by atoms with Crippen molar-refractivity contribution >= 4 is 11.8 Å². The van der Waals surface area contributed by atoms with E-state index in [1.807, 2.05) is 0 Å². The molecule has 0 unspecified atom stereocenters. The lowest BCUT2D eigenvalue weighted by Crippen LogP contribution is -2.27. The van der Waals surface area contributed by atoms with Gasteiger partial charge in [0.2, 0.25) is 5.95 Å². The van der Waals surface area contributed by atoms with E-state index in [1.165, 1.54) is 18.0 Å². The van der Waals surface area contributed by atoms with Crippen LogP contribution in [0.15, 0.2) is 11.2 Å². The van der Waals surface area contributed by atoms with Crippen molar-refractivity contribution < 1.29 is 14.0 Å². The van der Waals surface area contributed by atoms with Gasteiger partial charge in [0.25, 0.3) is 6.43 Å². The fourth-order valence-corrected chi connectivity index (χ4v) is 1.19. The van der Waals surface area contributed by atoms with Crippen LogP contribution in [-0.4, -0.2) is 41.0 Å². The number of aromatic nitrogens is 2. The summed E-state index contributed by atoms with van der Waals surface area (Å²) in [6, 6.07) is 1.49. The largest absolute Gasteiger partial charge is 0.409 e. The van der Waals surface area contributed by atoms with Gasteiger partial charge in [-0.25, -0.2) is 18.7 Å². The molecule has 0 amide bonds. The van der Waals surface area contributed by atoms with Crippen LogP contribution in [0.3, 0.4) is 0 Å². The van der Waals surface area contributed by atoms with Crippen LogP contribution in [0.4, 0.5) is 14.7 Å². The predicted molar refractivity (Wildman–Crippen MR) is 58.6 cm³/mol. The van der Waals surface area contributed by atoms with Crippen molar-refractivity contribution in [1.29, 1.82) is 0 Å². The molecule has 0 saturated heterocycles. The van der Waals surface area contributed by atoms with Crippen LogP contribution in [0.2, 0.25) is 0 Å². The molecule has 0 bridgehead atoms. The fourth-order valence-electron chi connectivity index (χ4n) is 1.19. The third kappa shape index (κ3) is 3.51. The summed E-state index contributed by atoms with van der Waals surface area (Å²) < 4.78 is 24.4. The van der Waals surface area contributed by atoms with Crippen LogP contribution in [0.1, 0.15) is 11.4 Å². The molecule has 1 rings (SSSR count). The highest BCUT2D eigenvalue weighted by molar-refractivity contribution is 5.95. The van der Waals surface area contributed by atoms with Gasteiger partial charge in [-0.1, -0.05) is 5.16 Å². The average molecular weight is 245 g/mol. The van der Waals surface area contributed by atoms with Crippen molar-refractivity contribution in [2.24, 2.45) is 10.9 Å². The van der Waals surface area contributed by atoms with Gasteiger partial charge in [-0.3, -0.25) is 0 Å².